The molecule has 2 unspecified atom stereocenters. The molecule has 0 spiro atoms. The third kappa shape index (κ3) is 6.15. The second kappa shape index (κ2) is 10.7. The highest BCUT2D eigenvalue weighted by Gasteiger charge is 2.34. The Labute approximate surface area is 205 Å². The minimum atomic E-state index is -3.94. The Kier molecular flexibility index (Phi) is 7.66. The Morgan fingerprint density at radius 3 is 2.37 bits per heavy atom. The predicted molar refractivity (Wildman–Crippen MR) is 133 cm³/mol. The first-order valence-corrected chi connectivity index (χ1v) is 13.2. The number of hydrogen-bond acceptors (Lipinski definition) is 5. The molecule has 1 amide bonds. The number of hydrogen-bond donors (Lipinski definition) is 4. The van der Waals surface area contributed by atoms with E-state index in [0.29, 0.717) is 18.4 Å². The van der Waals surface area contributed by atoms with Crippen LogP contribution in [0.4, 0.5) is 0 Å². The molecular weight excluding hydrogens is 464 g/mol. The third-order valence-electron chi connectivity index (χ3n) is 6.49. The van der Waals surface area contributed by atoms with Gasteiger partial charge >= 0.3 is 0 Å². The molecule has 0 heterocycles. The largest absolute Gasteiger partial charge is 0.393 e. The number of benzene rings is 3. The van der Waals surface area contributed by atoms with Crippen LogP contribution >= 0.6 is 0 Å². The van der Waals surface area contributed by atoms with Gasteiger partial charge in [0.1, 0.15) is 0 Å². The SMILES string of the molecule is NS(=O)(=O)c1ccccc1CC(O)CC(Cc1ccccc1)C(=O)N[C@H]1c2ccccc2C[C@H]1O. The Bertz CT molecular complexity index is 1280. The van der Waals surface area contributed by atoms with Crippen LogP contribution in [0.15, 0.2) is 83.8 Å². The molecule has 35 heavy (non-hydrogen) atoms. The van der Waals surface area contributed by atoms with Gasteiger partial charge in [-0.3, -0.25) is 4.79 Å². The topological polar surface area (TPSA) is 130 Å². The summed E-state index contributed by atoms with van der Waals surface area (Å²) in [6.07, 6.45) is -0.675. The maximum absolute atomic E-state index is 13.4. The zero-order valence-corrected chi connectivity index (χ0v) is 20.1. The maximum Gasteiger partial charge on any atom is 0.238 e. The molecule has 3 aromatic rings. The molecule has 4 rings (SSSR count). The van der Waals surface area contributed by atoms with Crippen molar-refractivity contribution < 1.29 is 23.4 Å². The molecule has 8 heteroatoms. The van der Waals surface area contributed by atoms with Crippen LogP contribution in [0, 0.1) is 5.92 Å². The lowest BCUT2D eigenvalue weighted by Gasteiger charge is -2.24. The molecule has 0 radical (unpaired) electrons. The van der Waals surface area contributed by atoms with Crippen LogP contribution in [0.5, 0.6) is 0 Å². The van der Waals surface area contributed by atoms with Gasteiger partial charge in [-0.1, -0.05) is 72.8 Å². The summed E-state index contributed by atoms with van der Waals surface area (Å²) in [6.45, 7) is 0. The predicted octanol–water partition coefficient (Wildman–Crippen LogP) is 2.26. The van der Waals surface area contributed by atoms with Crippen molar-refractivity contribution in [3.63, 3.8) is 0 Å². The minimum absolute atomic E-state index is 0.0335. The Morgan fingerprint density at radius 1 is 0.971 bits per heavy atom. The van der Waals surface area contributed by atoms with Gasteiger partial charge in [-0.15, -0.1) is 0 Å². The van der Waals surface area contributed by atoms with Crippen LogP contribution in [-0.2, 0) is 34.1 Å². The second-order valence-corrected chi connectivity index (χ2v) is 10.6. The number of primary sulfonamides is 1. The van der Waals surface area contributed by atoms with E-state index in [4.69, 9.17) is 5.14 Å². The average molecular weight is 495 g/mol. The molecular formula is C27H30N2O5S. The first kappa shape index (κ1) is 25.1. The van der Waals surface area contributed by atoms with Crippen molar-refractivity contribution in [1.29, 1.82) is 0 Å². The molecule has 1 aliphatic carbocycles. The van der Waals surface area contributed by atoms with Gasteiger partial charge < -0.3 is 15.5 Å². The van der Waals surface area contributed by atoms with E-state index < -0.39 is 34.2 Å². The van der Waals surface area contributed by atoms with E-state index >= 15 is 0 Å². The summed E-state index contributed by atoms with van der Waals surface area (Å²) in [7, 11) is -3.94. The third-order valence-corrected chi connectivity index (χ3v) is 7.50. The van der Waals surface area contributed by atoms with Crippen molar-refractivity contribution in [2.75, 3.05) is 0 Å². The second-order valence-electron chi connectivity index (χ2n) is 9.09. The number of rotatable bonds is 9. The minimum Gasteiger partial charge on any atom is -0.393 e. The summed E-state index contributed by atoms with van der Waals surface area (Å²) >= 11 is 0. The van der Waals surface area contributed by atoms with Crippen LogP contribution in [0.1, 0.15) is 34.7 Å². The van der Waals surface area contributed by atoms with Crippen LogP contribution in [0.2, 0.25) is 0 Å². The Morgan fingerprint density at radius 2 is 1.63 bits per heavy atom. The number of nitrogens with two attached hydrogens (primary N) is 1. The standard InChI is InChI=1S/C27H30N2O5S/c28-35(33,34)25-13-7-5-11-20(25)15-22(30)16-21(14-18-8-2-1-3-9-18)27(32)29-26-23-12-6-4-10-19(23)17-24(26)31/h1-13,21-22,24,26,30-31H,14-17H2,(H,29,32)(H2,28,33,34)/t21?,22?,24-,26+/m1/s1. The summed E-state index contributed by atoms with van der Waals surface area (Å²) in [6, 6.07) is 22.9. The summed E-state index contributed by atoms with van der Waals surface area (Å²) in [5, 5.41) is 29.8. The summed E-state index contributed by atoms with van der Waals surface area (Å²) < 4.78 is 23.9. The van der Waals surface area contributed by atoms with Crippen LogP contribution in [-0.4, -0.2) is 36.7 Å². The van der Waals surface area contributed by atoms with Gasteiger partial charge in [0, 0.05) is 12.3 Å². The molecule has 184 valence electrons. The van der Waals surface area contributed by atoms with E-state index in [2.05, 4.69) is 5.32 Å². The lowest BCUT2D eigenvalue weighted by molar-refractivity contribution is -0.127. The van der Waals surface area contributed by atoms with Gasteiger partial charge in [0.15, 0.2) is 0 Å². The van der Waals surface area contributed by atoms with Gasteiger partial charge in [0.05, 0.1) is 23.1 Å². The molecule has 0 fully saturated rings. The van der Waals surface area contributed by atoms with Crippen molar-refractivity contribution in [1.82, 2.24) is 5.32 Å². The van der Waals surface area contributed by atoms with E-state index in [1.54, 1.807) is 18.2 Å². The number of aliphatic hydroxyl groups excluding tert-OH is 2. The Hall–Kier alpha value is -3.04. The first-order valence-electron chi connectivity index (χ1n) is 11.6. The average Bonchev–Trinajstić information content (AvgIpc) is 3.14. The highest BCUT2D eigenvalue weighted by molar-refractivity contribution is 7.89. The lowest BCUT2D eigenvalue weighted by atomic mass is 9.90. The maximum atomic E-state index is 13.4. The van der Waals surface area contributed by atoms with Gasteiger partial charge in [0.25, 0.3) is 0 Å². The van der Waals surface area contributed by atoms with E-state index in [9.17, 15) is 23.4 Å². The molecule has 3 aromatic carbocycles. The van der Waals surface area contributed by atoms with Gasteiger partial charge in [-0.25, -0.2) is 13.6 Å². The highest BCUT2D eigenvalue weighted by atomic mass is 32.2. The molecule has 7 nitrogen and oxygen atoms in total. The monoisotopic (exact) mass is 494 g/mol. The van der Waals surface area contributed by atoms with Crippen molar-refractivity contribution in [3.05, 3.63) is 101 Å². The van der Waals surface area contributed by atoms with Crippen molar-refractivity contribution in [2.45, 2.75) is 48.8 Å². The molecule has 0 bridgehead atoms. The molecule has 4 atom stereocenters. The van der Waals surface area contributed by atoms with Gasteiger partial charge in [0.2, 0.25) is 15.9 Å². The molecule has 0 saturated carbocycles. The van der Waals surface area contributed by atoms with Crippen molar-refractivity contribution in [2.24, 2.45) is 11.1 Å². The number of fused-ring (bicyclic) bond motifs is 1. The number of nitrogens with one attached hydrogen (secondary N) is 1. The molecule has 0 saturated heterocycles. The fourth-order valence-electron chi connectivity index (χ4n) is 4.82. The van der Waals surface area contributed by atoms with Crippen LogP contribution in [0.3, 0.4) is 0 Å². The van der Waals surface area contributed by atoms with E-state index in [1.807, 2.05) is 54.6 Å². The van der Waals surface area contributed by atoms with Gasteiger partial charge in [-0.05, 0) is 47.6 Å². The fourth-order valence-corrected chi connectivity index (χ4v) is 5.60. The number of carbonyl (C=O) groups excluding carboxylic acids is 1. The zero-order chi connectivity index (χ0) is 25.0. The zero-order valence-electron chi connectivity index (χ0n) is 19.2. The smallest absolute Gasteiger partial charge is 0.238 e. The first-order chi connectivity index (χ1) is 16.7. The number of aliphatic hydroxyl groups is 2. The van der Waals surface area contributed by atoms with E-state index in [-0.39, 0.29) is 23.6 Å². The van der Waals surface area contributed by atoms with Crippen molar-refractivity contribution >= 4 is 15.9 Å². The normalized spacial score (nSPS) is 19.1. The van der Waals surface area contributed by atoms with E-state index in [1.165, 1.54) is 6.07 Å². The highest BCUT2D eigenvalue weighted by Crippen LogP contribution is 2.32. The number of amides is 1. The lowest BCUT2D eigenvalue weighted by Crippen LogP contribution is -2.39. The fraction of sp³-hybridized carbons (Fsp3) is 0.296. The van der Waals surface area contributed by atoms with E-state index in [0.717, 1.165) is 16.7 Å². The summed E-state index contributed by atoms with van der Waals surface area (Å²) in [5.74, 6) is -0.859. The van der Waals surface area contributed by atoms with Crippen LogP contribution < -0.4 is 10.5 Å². The van der Waals surface area contributed by atoms with Crippen molar-refractivity contribution in [3.8, 4) is 0 Å². The number of carbonyl (C=O) groups is 1. The molecule has 1 aliphatic rings. The van der Waals surface area contributed by atoms with Crippen LogP contribution in [0.25, 0.3) is 0 Å². The number of sulfonamides is 1. The molecule has 5 N–H and O–H groups in total. The van der Waals surface area contributed by atoms with Gasteiger partial charge in [-0.2, -0.15) is 0 Å². The Balaban J connectivity index is 1.53. The molecule has 0 aromatic heterocycles. The molecule has 0 aliphatic heterocycles. The summed E-state index contributed by atoms with van der Waals surface area (Å²) in [4.78, 5) is 13.4. The summed E-state index contributed by atoms with van der Waals surface area (Å²) in [5.41, 5.74) is 3.25. The quantitative estimate of drug-likeness (QED) is 0.363.